The van der Waals surface area contributed by atoms with Crippen LogP contribution in [0.4, 0.5) is 0 Å². The number of aromatic amines is 1. The SMILES string of the molecule is Cc1cncc(CN2CCc3nc(C4CC4)[nH]c(=O)c3C2)c1. The average molecular weight is 296 g/mol. The van der Waals surface area contributed by atoms with Crippen LogP contribution in [0.15, 0.2) is 23.3 Å². The molecule has 2 aliphatic rings. The van der Waals surface area contributed by atoms with Crippen molar-refractivity contribution in [2.75, 3.05) is 6.54 Å². The third-order valence-electron chi connectivity index (χ3n) is 4.47. The minimum Gasteiger partial charge on any atom is -0.310 e. The summed E-state index contributed by atoms with van der Waals surface area (Å²) >= 11 is 0. The smallest absolute Gasteiger partial charge is 0.255 e. The molecule has 1 aliphatic carbocycles. The average Bonchev–Trinajstić information content (AvgIpc) is 3.32. The molecule has 0 atom stereocenters. The van der Waals surface area contributed by atoms with Crippen LogP contribution in [0.3, 0.4) is 0 Å². The summed E-state index contributed by atoms with van der Waals surface area (Å²) in [6.07, 6.45) is 6.95. The van der Waals surface area contributed by atoms with Gasteiger partial charge in [-0.25, -0.2) is 4.98 Å². The van der Waals surface area contributed by atoms with Gasteiger partial charge in [0.2, 0.25) is 0 Å². The number of hydrogen-bond acceptors (Lipinski definition) is 4. The van der Waals surface area contributed by atoms with Gasteiger partial charge in [-0.1, -0.05) is 6.07 Å². The van der Waals surface area contributed by atoms with E-state index >= 15 is 0 Å². The second-order valence-electron chi connectivity index (χ2n) is 6.48. The monoisotopic (exact) mass is 296 g/mol. The minimum atomic E-state index is 0.0546. The number of rotatable bonds is 3. The lowest BCUT2D eigenvalue weighted by Gasteiger charge is -2.27. The lowest BCUT2D eigenvalue weighted by Crippen LogP contribution is -2.35. The van der Waals surface area contributed by atoms with Crippen molar-refractivity contribution in [1.82, 2.24) is 19.9 Å². The molecule has 5 heteroatoms. The fraction of sp³-hybridized carbons (Fsp3) is 0.471. The van der Waals surface area contributed by atoms with Crippen LogP contribution in [0.1, 0.15) is 47.0 Å². The van der Waals surface area contributed by atoms with Gasteiger partial charge in [-0.05, 0) is 30.9 Å². The summed E-state index contributed by atoms with van der Waals surface area (Å²) in [6.45, 7) is 4.51. The molecule has 2 aromatic rings. The Bertz CT molecular complexity index is 763. The molecule has 114 valence electrons. The zero-order valence-corrected chi connectivity index (χ0v) is 12.8. The fourth-order valence-electron chi connectivity index (χ4n) is 3.15. The van der Waals surface area contributed by atoms with Crippen molar-refractivity contribution in [3.05, 3.63) is 57.0 Å². The number of H-pyrrole nitrogens is 1. The largest absolute Gasteiger partial charge is 0.310 e. The van der Waals surface area contributed by atoms with Crippen LogP contribution in [0.25, 0.3) is 0 Å². The molecule has 0 spiro atoms. The van der Waals surface area contributed by atoms with Crippen LogP contribution >= 0.6 is 0 Å². The fourth-order valence-corrected chi connectivity index (χ4v) is 3.15. The standard InChI is InChI=1S/C17H20N4O/c1-11-6-12(8-18-7-11)9-21-5-4-15-14(10-21)17(22)20-16(19-15)13-2-3-13/h6-8,13H,2-5,9-10H2,1H3,(H,19,20,22). The van der Waals surface area contributed by atoms with E-state index in [9.17, 15) is 4.79 Å². The molecular weight excluding hydrogens is 276 g/mol. The number of aromatic nitrogens is 3. The summed E-state index contributed by atoms with van der Waals surface area (Å²) < 4.78 is 0. The number of nitrogens with one attached hydrogen (secondary N) is 1. The van der Waals surface area contributed by atoms with Gasteiger partial charge >= 0.3 is 0 Å². The molecule has 1 fully saturated rings. The first kappa shape index (κ1) is 13.6. The van der Waals surface area contributed by atoms with Crippen molar-refractivity contribution in [1.29, 1.82) is 0 Å². The Labute approximate surface area is 129 Å². The Morgan fingerprint density at radius 1 is 1.36 bits per heavy atom. The van der Waals surface area contributed by atoms with Gasteiger partial charge in [-0.3, -0.25) is 14.7 Å². The van der Waals surface area contributed by atoms with Crippen molar-refractivity contribution in [2.45, 2.75) is 45.2 Å². The third kappa shape index (κ3) is 2.68. The van der Waals surface area contributed by atoms with Gasteiger partial charge in [-0.2, -0.15) is 0 Å². The summed E-state index contributed by atoms with van der Waals surface area (Å²) in [4.78, 5) is 26.6. The van der Waals surface area contributed by atoms with E-state index in [-0.39, 0.29) is 5.56 Å². The van der Waals surface area contributed by atoms with Gasteiger partial charge < -0.3 is 4.98 Å². The topological polar surface area (TPSA) is 61.9 Å². The summed E-state index contributed by atoms with van der Waals surface area (Å²) in [7, 11) is 0. The molecule has 0 radical (unpaired) electrons. The lowest BCUT2D eigenvalue weighted by molar-refractivity contribution is 0.241. The van der Waals surface area contributed by atoms with Crippen LogP contribution in [0.5, 0.6) is 0 Å². The molecule has 4 rings (SSSR count). The summed E-state index contributed by atoms with van der Waals surface area (Å²) in [5, 5.41) is 0. The first-order chi connectivity index (χ1) is 10.7. The predicted octanol–water partition coefficient (Wildman–Crippen LogP) is 1.91. The second-order valence-corrected chi connectivity index (χ2v) is 6.48. The van der Waals surface area contributed by atoms with Crippen molar-refractivity contribution in [2.24, 2.45) is 0 Å². The highest BCUT2D eigenvalue weighted by Crippen LogP contribution is 2.37. The number of aryl methyl sites for hydroxylation is 1. The molecule has 2 aromatic heterocycles. The normalized spacial score (nSPS) is 18.2. The number of hydrogen-bond donors (Lipinski definition) is 1. The maximum Gasteiger partial charge on any atom is 0.255 e. The number of fused-ring (bicyclic) bond motifs is 1. The maximum atomic E-state index is 12.3. The Morgan fingerprint density at radius 3 is 3.00 bits per heavy atom. The second kappa shape index (κ2) is 5.32. The Morgan fingerprint density at radius 2 is 2.23 bits per heavy atom. The van der Waals surface area contributed by atoms with Gasteiger partial charge in [-0.15, -0.1) is 0 Å². The molecule has 0 aromatic carbocycles. The molecule has 1 N–H and O–H groups in total. The number of nitrogens with zero attached hydrogens (tertiary/aromatic N) is 3. The van der Waals surface area contributed by atoms with E-state index in [2.05, 4.69) is 27.9 Å². The zero-order valence-electron chi connectivity index (χ0n) is 12.8. The van der Waals surface area contributed by atoms with Crippen LogP contribution in [-0.4, -0.2) is 26.4 Å². The van der Waals surface area contributed by atoms with E-state index in [4.69, 9.17) is 4.98 Å². The molecule has 0 amide bonds. The molecule has 0 saturated heterocycles. The highest BCUT2D eigenvalue weighted by atomic mass is 16.1. The van der Waals surface area contributed by atoms with Crippen LogP contribution < -0.4 is 5.56 Å². The van der Waals surface area contributed by atoms with Crippen molar-refractivity contribution in [3.63, 3.8) is 0 Å². The van der Waals surface area contributed by atoms with Crippen molar-refractivity contribution < 1.29 is 0 Å². The zero-order chi connectivity index (χ0) is 15.1. The maximum absolute atomic E-state index is 12.3. The van der Waals surface area contributed by atoms with E-state index in [1.807, 2.05) is 12.4 Å². The molecule has 0 unspecified atom stereocenters. The molecule has 1 saturated carbocycles. The van der Waals surface area contributed by atoms with E-state index in [1.54, 1.807) is 0 Å². The van der Waals surface area contributed by atoms with E-state index in [0.29, 0.717) is 12.5 Å². The minimum absolute atomic E-state index is 0.0546. The van der Waals surface area contributed by atoms with Crippen LogP contribution in [0, 0.1) is 6.92 Å². The highest BCUT2D eigenvalue weighted by Gasteiger charge is 2.29. The molecule has 1 aliphatic heterocycles. The van der Waals surface area contributed by atoms with Crippen molar-refractivity contribution in [3.8, 4) is 0 Å². The Balaban J connectivity index is 1.55. The first-order valence-electron chi connectivity index (χ1n) is 7.94. The van der Waals surface area contributed by atoms with Gasteiger partial charge in [0.1, 0.15) is 5.82 Å². The molecule has 3 heterocycles. The van der Waals surface area contributed by atoms with Gasteiger partial charge in [0.15, 0.2) is 0 Å². The Kier molecular flexibility index (Phi) is 3.30. The molecule has 22 heavy (non-hydrogen) atoms. The molecular formula is C17H20N4O. The van der Waals surface area contributed by atoms with Crippen LogP contribution in [0.2, 0.25) is 0 Å². The first-order valence-corrected chi connectivity index (χ1v) is 7.94. The number of pyridine rings is 1. The molecule has 0 bridgehead atoms. The Hall–Kier alpha value is -2.01. The third-order valence-corrected chi connectivity index (χ3v) is 4.47. The molecule has 5 nitrogen and oxygen atoms in total. The van der Waals surface area contributed by atoms with Gasteiger partial charge in [0.05, 0.1) is 11.3 Å². The summed E-state index contributed by atoms with van der Waals surface area (Å²) in [6, 6.07) is 2.15. The van der Waals surface area contributed by atoms with Crippen molar-refractivity contribution >= 4 is 0 Å². The van der Waals surface area contributed by atoms with E-state index in [1.165, 1.54) is 11.1 Å². The predicted molar refractivity (Wildman–Crippen MR) is 83.6 cm³/mol. The lowest BCUT2D eigenvalue weighted by atomic mass is 10.1. The van der Waals surface area contributed by atoms with Crippen LogP contribution in [-0.2, 0) is 19.5 Å². The highest BCUT2D eigenvalue weighted by molar-refractivity contribution is 5.24. The summed E-state index contributed by atoms with van der Waals surface area (Å²) in [5.41, 5.74) is 4.27. The summed E-state index contributed by atoms with van der Waals surface area (Å²) in [5.74, 6) is 1.40. The van der Waals surface area contributed by atoms with Gasteiger partial charge in [0.25, 0.3) is 5.56 Å². The quantitative estimate of drug-likeness (QED) is 0.940. The van der Waals surface area contributed by atoms with E-state index in [0.717, 1.165) is 49.4 Å². The van der Waals surface area contributed by atoms with E-state index < -0.39 is 0 Å². The van der Waals surface area contributed by atoms with Gasteiger partial charge in [0, 0.05) is 44.4 Å².